The summed E-state index contributed by atoms with van der Waals surface area (Å²) >= 11 is 0. The lowest BCUT2D eigenvalue weighted by Gasteiger charge is -2.40. The first-order chi connectivity index (χ1) is 9.72. The van der Waals surface area contributed by atoms with Crippen LogP contribution < -0.4 is 10.2 Å². The minimum absolute atomic E-state index is 0.222. The lowest BCUT2D eigenvalue weighted by molar-refractivity contribution is -0.149. The fourth-order valence-electron chi connectivity index (χ4n) is 2.65. The second kappa shape index (κ2) is 6.44. The molecule has 1 N–H and O–H groups in total. The van der Waals surface area contributed by atoms with Crippen LogP contribution in [-0.2, 0) is 9.53 Å². The van der Waals surface area contributed by atoms with Crippen molar-refractivity contribution in [3.8, 4) is 12.3 Å². The molecule has 1 aliphatic heterocycles. The molecule has 20 heavy (non-hydrogen) atoms. The van der Waals surface area contributed by atoms with E-state index in [0.29, 0.717) is 19.4 Å². The number of nitrogens with zero attached hydrogens (tertiary/aromatic N) is 1. The molecule has 1 aromatic carbocycles. The molecule has 1 heterocycles. The van der Waals surface area contributed by atoms with E-state index in [1.165, 1.54) is 12.8 Å². The SMILES string of the molecule is C#CCNC1(C(=O)OC)CCN(c2ccccc2)CC1. The number of piperidine rings is 1. The summed E-state index contributed by atoms with van der Waals surface area (Å²) in [4.78, 5) is 14.3. The third-order valence-corrected chi connectivity index (χ3v) is 3.84. The van der Waals surface area contributed by atoms with E-state index in [1.807, 2.05) is 18.2 Å². The monoisotopic (exact) mass is 272 g/mol. The zero-order valence-electron chi connectivity index (χ0n) is 11.8. The fraction of sp³-hybridized carbons (Fsp3) is 0.438. The van der Waals surface area contributed by atoms with Crippen LogP contribution in [-0.4, -0.2) is 38.3 Å². The highest BCUT2D eigenvalue weighted by atomic mass is 16.5. The number of esters is 1. The van der Waals surface area contributed by atoms with Crippen molar-refractivity contribution in [2.75, 3.05) is 31.6 Å². The molecule has 0 saturated carbocycles. The van der Waals surface area contributed by atoms with E-state index in [-0.39, 0.29) is 5.97 Å². The minimum Gasteiger partial charge on any atom is -0.468 e. The first kappa shape index (κ1) is 14.4. The smallest absolute Gasteiger partial charge is 0.326 e. The molecule has 0 aromatic heterocycles. The number of carbonyl (C=O) groups excluding carboxylic acids is 1. The Kier molecular flexibility index (Phi) is 4.65. The van der Waals surface area contributed by atoms with Gasteiger partial charge in [0.05, 0.1) is 13.7 Å². The number of nitrogens with one attached hydrogen (secondary N) is 1. The molecule has 0 bridgehead atoms. The van der Waals surface area contributed by atoms with Crippen LogP contribution in [0.4, 0.5) is 5.69 Å². The van der Waals surface area contributed by atoms with E-state index in [9.17, 15) is 4.79 Å². The van der Waals surface area contributed by atoms with Crippen molar-refractivity contribution in [3.05, 3.63) is 30.3 Å². The summed E-state index contributed by atoms with van der Waals surface area (Å²) < 4.78 is 4.94. The largest absolute Gasteiger partial charge is 0.468 e. The Balaban J connectivity index is 2.06. The highest BCUT2D eigenvalue weighted by Crippen LogP contribution is 2.27. The van der Waals surface area contributed by atoms with Gasteiger partial charge in [-0.15, -0.1) is 6.42 Å². The van der Waals surface area contributed by atoms with Gasteiger partial charge in [0.1, 0.15) is 5.54 Å². The summed E-state index contributed by atoms with van der Waals surface area (Å²) in [5.74, 6) is 2.31. The van der Waals surface area contributed by atoms with Gasteiger partial charge in [0.2, 0.25) is 0 Å². The molecule has 4 heteroatoms. The van der Waals surface area contributed by atoms with Gasteiger partial charge in [-0.2, -0.15) is 0 Å². The van der Waals surface area contributed by atoms with Gasteiger partial charge in [0.25, 0.3) is 0 Å². The van der Waals surface area contributed by atoms with Crippen molar-refractivity contribution in [3.63, 3.8) is 0 Å². The van der Waals surface area contributed by atoms with Crippen molar-refractivity contribution >= 4 is 11.7 Å². The second-order valence-corrected chi connectivity index (χ2v) is 4.95. The maximum Gasteiger partial charge on any atom is 0.326 e. The number of rotatable bonds is 4. The quantitative estimate of drug-likeness (QED) is 0.665. The van der Waals surface area contributed by atoms with Gasteiger partial charge in [0, 0.05) is 18.8 Å². The number of benzene rings is 1. The van der Waals surface area contributed by atoms with Gasteiger partial charge >= 0.3 is 5.97 Å². The molecule has 0 spiro atoms. The van der Waals surface area contributed by atoms with Crippen molar-refractivity contribution in [2.45, 2.75) is 18.4 Å². The number of methoxy groups -OCH3 is 1. The molecule has 4 nitrogen and oxygen atoms in total. The first-order valence-corrected chi connectivity index (χ1v) is 6.79. The van der Waals surface area contributed by atoms with E-state index < -0.39 is 5.54 Å². The van der Waals surface area contributed by atoms with Crippen LogP contribution in [0.1, 0.15) is 12.8 Å². The van der Waals surface area contributed by atoms with E-state index in [0.717, 1.165) is 13.1 Å². The molecule has 2 rings (SSSR count). The molecule has 0 unspecified atom stereocenters. The standard InChI is InChI=1S/C16H20N2O2/c1-3-11-17-16(15(19)20-2)9-12-18(13-10-16)14-7-5-4-6-8-14/h1,4-8,17H,9-13H2,2H3. The van der Waals surface area contributed by atoms with Gasteiger partial charge in [-0.05, 0) is 25.0 Å². The normalized spacial score (nSPS) is 17.3. The third kappa shape index (κ3) is 2.94. The predicted octanol–water partition coefficient (Wildman–Crippen LogP) is 1.42. The Bertz CT molecular complexity index is 485. The number of ether oxygens (including phenoxy) is 1. The minimum atomic E-state index is -0.646. The predicted molar refractivity (Wildman–Crippen MR) is 79.5 cm³/mol. The number of hydrogen-bond donors (Lipinski definition) is 1. The average Bonchev–Trinajstić information content (AvgIpc) is 2.53. The summed E-state index contributed by atoms with van der Waals surface area (Å²) in [6.07, 6.45) is 6.67. The molecule has 1 aromatic rings. The van der Waals surface area contributed by atoms with Crippen LogP contribution in [0.15, 0.2) is 30.3 Å². The van der Waals surface area contributed by atoms with Gasteiger partial charge in [-0.1, -0.05) is 24.1 Å². The molecule has 0 amide bonds. The number of terminal acetylenes is 1. The van der Waals surface area contributed by atoms with Gasteiger partial charge in [-0.3, -0.25) is 10.1 Å². The van der Waals surface area contributed by atoms with Crippen molar-refractivity contribution in [2.24, 2.45) is 0 Å². The number of para-hydroxylation sites is 1. The average molecular weight is 272 g/mol. The van der Waals surface area contributed by atoms with Crippen LogP contribution in [0.5, 0.6) is 0 Å². The van der Waals surface area contributed by atoms with Gasteiger partial charge in [-0.25, -0.2) is 0 Å². The van der Waals surface area contributed by atoms with Crippen molar-refractivity contribution < 1.29 is 9.53 Å². The molecule has 0 atom stereocenters. The maximum absolute atomic E-state index is 12.1. The van der Waals surface area contributed by atoms with Crippen LogP contribution in [0.2, 0.25) is 0 Å². The van der Waals surface area contributed by atoms with Gasteiger partial charge < -0.3 is 9.64 Å². The molecular weight excluding hydrogens is 252 g/mol. The summed E-state index contributed by atoms with van der Waals surface area (Å²) in [6, 6.07) is 10.2. The maximum atomic E-state index is 12.1. The molecule has 0 radical (unpaired) electrons. The van der Waals surface area contributed by atoms with Crippen LogP contribution in [0.3, 0.4) is 0 Å². The lowest BCUT2D eigenvalue weighted by atomic mass is 9.87. The summed E-state index contributed by atoms with van der Waals surface area (Å²) in [6.45, 7) is 1.98. The van der Waals surface area contributed by atoms with Gasteiger partial charge in [0.15, 0.2) is 0 Å². The van der Waals surface area contributed by atoms with Crippen LogP contribution in [0, 0.1) is 12.3 Å². The molecule has 0 aliphatic carbocycles. The van der Waals surface area contributed by atoms with E-state index in [4.69, 9.17) is 11.2 Å². The first-order valence-electron chi connectivity index (χ1n) is 6.79. The highest BCUT2D eigenvalue weighted by molar-refractivity contribution is 5.81. The van der Waals surface area contributed by atoms with E-state index in [1.54, 1.807) is 0 Å². The molecule has 1 saturated heterocycles. The van der Waals surface area contributed by atoms with Crippen LogP contribution >= 0.6 is 0 Å². The summed E-state index contributed by atoms with van der Waals surface area (Å²) in [5, 5.41) is 3.17. The topological polar surface area (TPSA) is 41.6 Å². The molecule has 1 fully saturated rings. The molecular formula is C16H20N2O2. The molecule has 1 aliphatic rings. The van der Waals surface area contributed by atoms with Crippen molar-refractivity contribution in [1.29, 1.82) is 0 Å². The second-order valence-electron chi connectivity index (χ2n) is 4.95. The Morgan fingerprint density at radius 3 is 2.60 bits per heavy atom. The summed E-state index contributed by atoms with van der Waals surface area (Å²) in [7, 11) is 1.42. The van der Waals surface area contributed by atoms with Crippen molar-refractivity contribution in [1.82, 2.24) is 5.32 Å². The third-order valence-electron chi connectivity index (χ3n) is 3.84. The Morgan fingerprint density at radius 2 is 2.05 bits per heavy atom. The fourth-order valence-corrected chi connectivity index (χ4v) is 2.65. The summed E-state index contributed by atoms with van der Waals surface area (Å²) in [5.41, 5.74) is 0.537. The zero-order valence-corrected chi connectivity index (χ0v) is 11.8. The highest BCUT2D eigenvalue weighted by Gasteiger charge is 2.41. The lowest BCUT2D eigenvalue weighted by Crippen LogP contribution is -2.59. The number of hydrogen-bond acceptors (Lipinski definition) is 4. The molecule has 106 valence electrons. The van der Waals surface area contributed by atoms with E-state index >= 15 is 0 Å². The Morgan fingerprint density at radius 1 is 1.40 bits per heavy atom. The number of anilines is 1. The number of carbonyl (C=O) groups is 1. The van der Waals surface area contributed by atoms with Crippen LogP contribution in [0.25, 0.3) is 0 Å². The zero-order chi connectivity index (χ0) is 14.4. The Hall–Kier alpha value is -1.99. The Labute approximate surface area is 120 Å². The van der Waals surface area contributed by atoms with E-state index in [2.05, 4.69) is 28.3 Å².